The number of aliphatic hydroxyl groups excluding tert-OH is 1. The molecule has 5 rings (SSSR count). The topological polar surface area (TPSA) is 91.7 Å². The standard InChI is InChI=1S/C20H18Cl2N6O2/c21-13-2-3-14(15(22)7-13)19-16(9-27-6-5-23-18(29)10-27)28-8-12(1-4-17(28)25-19)20-24-11-30-26-20/h1-4,7-8,11,18,23,29H,5-6,9-10H2. The summed E-state index contributed by atoms with van der Waals surface area (Å²) < 4.78 is 6.90. The Morgan fingerprint density at radius 1 is 1.23 bits per heavy atom. The Morgan fingerprint density at radius 2 is 2.13 bits per heavy atom. The van der Waals surface area contributed by atoms with Crippen LogP contribution in [0.3, 0.4) is 0 Å². The molecule has 0 aliphatic carbocycles. The zero-order valence-corrected chi connectivity index (χ0v) is 17.3. The number of nitrogens with zero attached hydrogens (tertiary/aromatic N) is 5. The van der Waals surface area contributed by atoms with Gasteiger partial charge in [0, 0.05) is 48.5 Å². The molecule has 1 fully saturated rings. The number of nitrogens with one attached hydrogen (secondary N) is 1. The lowest BCUT2D eigenvalue weighted by molar-refractivity contribution is 0.0505. The van der Waals surface area contributed by atoms with Gasteiger partial charge in [-0.1, -0.05) is 28.4 Å². The quantitative estimate of drug-likeness (QED) is 0.499. The number of piperazine rings is 1. The number of halogens is 2. The van der Waals surface area contributed by atoms with Crippen molar-refractivity contribution in [1.29, 1.82) is 0 Å². The number of rotatable bonds is 4. The monoisotopic (exact) mass is 444 g/mol. The van der Waals surface area contributed by atoms with Crippen molar-refractivity contribution in [3.8, 4) is 22.6 Å². The molecule has 8 nitrogen and oxygen atoms in total. The number of imidazole rings is 1. The number of aromatic nitrogens is 4. The van der Waals surface area contributed by atoms with Gasteiger partial charge in [0.2, 0.25) is 12.2 Å². The summed E-state index contributed by atoms with van der Waals surface area (Å²) >= 11 is 12.6. The second-order valence-electron chi connectivity index (χ2n) is 7.14. The fourth-order valence-electron chi connectivity index (χ4n) is 3.72. The molecule has 2 N–H and O–H groups in total. The van der Waals surface area contributed by atoms with Gasteiger partial charge in [0.15, 0.2) is 0 Å². The zero-order valence-electron chi connectivity index (χ0n) is 15.8. The summed E-state index contributed by atoms with van der Waals surface area (Å²) in [6, 6.07) is 9.21. The Kier molecular flexibility index (Phi) is 5.18. The summed E-state index contributed by atoms with van der Waals surface area (Å²) in [5.41, 5.74) is 4.11. The Hall–Kier alpha value is -2.49. The number of β-amino-alcohol motifs (C(OH)–C–C–N with tert-alkyl or cyclic N) is 1. The van der Waals surface area contributed by atoms with Gasteiger partial charge in [0.05, 0.1) is 16.4 Å². The van der Waals surface area contributed by atoms with Crippen molar-refractivity contribution in [2.45, 2.75) is 12.8 Å². The number of pyridine rings is 1. The van der Waals surface area contributed by atoms with Crippen LogP contribution in [0.2, 0.25) is 10.0 Å². The minimum Gasteiger partial charge on any atom is -0.377 e. The smallest absolute Gasteiger partial charge is 0.214 e. The maximum atomic E-state index is 10.0. The van der Waals surface area contributed by atoms with E-state index in [0.717, 1.165) is 34.7 Å². The number of aliphatic hydroxyl groups is 1. The Bertz CT molecular complexity index is 1190. The molecule has 0 bridgehead atoms. The van der Waals surface area contributed by atoms with Gasteiger partial charge in [-0.05, 0) is 30.3 Å². The van der Waals surface area contributed by atoms with Crippen LogP contribution in [0.5, 0.6) is 0 Å². The van der Waals surface area contributed by atoms with E-state index in [2.05, 4.69) is 20.4 Å². The number of benzene rings is 1. The fraction of sp³-hybridized carbons (Fsp3) is 0.250. The molecule has 1 atom stereocenters. The summed E-state index contributed by atoms with van der Waals surface area (Å²) in [6.07, 6.45) is 2.68. The second kappa shape index (κ2) is 7.98. The Balaban J connectivity index is 1.65. The molecule has 30 heavy (non-hydrogen) atoms. The SMILES string of the molecule is OC1CN(Cc2c(-c3ccc(Cl)cc3Cl)nc3ccc(-c4ncon4)cn23)CCN1. The summed E-state index contributed by atoms with van der Waals surface area (Å²) in [7, 11) is 0. The van der Waals surface area contributed by atoms with E-state index in [-0.39, 0.29) is 0 Å². The zero-order chi connectivity index (χ0) is 20.7. The molecule has 0 saturated carbocycles. The van der Waals surface area contributed by atoms with Crippen LogP contribution in [0.1, 0.15) is 5.69 Å². The van der Waals surface area contributed by atoms with Gasteiger partial charge in [-0.25, -0.2) is 4.98 Å². The van der Waals surface area contributed by atoms with Crippen LogP contribution in [0.4, 0.5) is 0 Å². The van der Waals surface area contributed by atoms with E-state index >= 15 is 0 Å². The molecule has 4 aromatic rings. The summed E-state index contributed by atoms with van der Waals surface area (Å²) in [4.78, 5) is 11.2. The predicted octanol–water partition coefficient (Wildman–Crippen LogP) is 3.08. The Morgan fingerprint density at radius 3 is 2.90 bits per heavy atom. The first-order valence-corrected chi connectivity index (χ1v) is 10.2. The first-order valence-electron chi connectivity index (χ1n) is 9.45. The largest absolute Gasteiger partial charge is 0.377 e. The van der Waals surface area contributed by atoms with E-state index in [0.29, 0.717) is 35.5 Å². The second-order valence-corrected chi connectivity index (χ2v) is 7.98. The van der Waals surface area contributed by atoms with Crippen molar-refractivity contribution in [2.75, 3.05) is 19.6 Å². The van der Waals surface area contributed by atoms with Gasteiger partial charge in [0.25, 0.3) is 0 Å². The van der Waals surface area contributed by atoms with E-state index in [1.165, 1.54) is 6.39 Å². The van der Waals surface area contributed by atoms with E-state index in [1.54, 1.807) is 12.1 Å². The highest BCUT2D eigenvalue weighted by Crippen LogP contribution is 2.34. The summed E-state index contributed by atoms with van der Waals surface area (Å²) in [5, 5.41) is 18.1. The van der Waals surface area contributed by atoms with Gasteiger partial charge in [-0.15, -0.1) is 0 Å². The molecule has 154 valence electrons. The average molecular weight is 445 g/mol. The number of fused-ring (bicyclic) bond motifs is 1. The molecule has 10 heteroatoms. The van der Waals surface area contributed by atoms with Crippen molar-refractivity contribution in [1.82, 2.24) is 29.7 Å². The summed E-state index contributed by atoms with van der Waals surface area (Å²) in [5.74, 6) is 0.500. The molecule has 1 unspecified atom stereocenters. The molecular weight excluding hydrogens is 427 g/mol. The van der Waals surface area contributed by atoms with Crippen LogP contribution in [-0.2, 0) is 6.54 Å². The maximum Gasteiger partial charge on any atom is 0.214 e. The molecule has 1 aliphatic rings. The van der Waals surface area contributed by atoms with Crippen LogP contribution in [0.15, 0.2) is 47.4 Å². The van der Waals surface area contributed by atoms with Crippen molar-refractivity contribution in [3.63, 3.8) is 0 Å². The number of hydrogen-bond donors (Lipinski definition) is 2. The van der Waals surface area contributed by atoms with Gasteiger partial charge >= 0.3 is 0 Å². The highest BCUT2D eigenvalue weighted by atomic mass is 35.5. The third kappa shape index (κ3) is 3.68. The molecule has 1 saturated heterocycles. The first-order chi connectivity index (χ1) is 14.6. The third-order valence-corrected chi connectivity index (χ3v) is 5.68. The highest BCUT2D eigenvalue weighted by molar-refractivity contribution is 6.36. The summed E-state index contributed by atoms with van der Waals surface area (Å²) in [6.45, 7) is 2.63. The Labute approximate surface area is 182 Å². The van der Waals surface area contributed by atoms with E-state index < -0.39 is 6.23 Å². The molecule has 1 aromatic carbocycles. The number of hydrogen-bond acceptors (Lipinski definition) is 7. The van der Waals surface area contributed by atoms with Crippen molar-refractivity contribution >= 4 is 28.8 Å². The fourth-order valence-corrected chi connectivity index (χ4v) is 4.21. The van der Waals surface area contributed by atoms with Crippen LogP contribution in [0.25, 0.3) is 28.3 Å². The minimum atomic E-state index is -0.560. The van der Waals surface area contributed by atoms with E-state index in [9.17, 15) is 5.11 Å². The minimum absolute atomic E-state index is 0.500. The molecule has 4 heterocycles. The van der Waals surface area contributed by atoms with Gasteiger partial charge < -0.3 is 14.0 Å². The van der Waals surface area contributed by atoms with Crippen molar-refractivity contribution < 1.29 is 9.63 Å². The van der Waals surface area contributed by atoms with Crippen molar-refractivity contribution in [2.24, 2.45) is 0 Å². The lowest BCUT2D eigenvalue weighted by Crippen LogP contribution is -2.50. The molecule has 1 aliphatic heterocycles. The molecule has 0 radical (unpaired) electrons. The maximum absolute atomic E-state index is 10.0. The van der Waals surface area contributed by atoms with E-state index in [1.807, 2.05) is 28.8 Å². The van der Waals surface area contributed by atoms with Crippen LogP contribution >= 0.6 is 23.2 Å². The average Bonchev–Trinajstić information content (AvgIpc) is 3.37. The molecule has 0 spiro atoms. The van der Waals surface area contributed by atoms with Gasteiger partial charge in [0.1, 0.15) is 11.9 Å². The van der Waals surface area contributed by atoms with Crippen LogP contribution in [-0.4, -0.2) is 55.4 Å². The molecule has 3 aromatic heterocycles. The lowest BCUT2D eigenvalue weighted by Gasteiger charge is -2.30. The van der Waals surface area contributed by atoms with Gasteiger partial charge in [-0.2, -0.15) is 4.98 Å². The molecule has 0 amide bonds. The van der Waals surface area contributed by atoms with Crippen molar-refractivity contribution in [3.05, 3.63) is 58.7 Å². The first kappa shape index (κ1) is 19.5. The van der Waals surface area contributed by atoms with Crippen LogP contribution in [0, 0.1) is 0 Å². The van der Waals surface area contributed by atoms with Crippen LogP contribution < -0.4 is 5.32 Å². The van der Waals surface area contributed by atoms with Gasteiger partial charge in [-0.3, -0.25) is 10.2 Å². The normalized spacial score (nSPS) is 17.6. The van der Waals surface area contributed by atoms with E-state index in [4.69, 9.17) is 32.7 Å². The lowest BCUT2D eigenvalue weighted by atomic mass is 10.1. The highest BCUT2D eigenvalue weighted by Gasteiger charge is 2.23. The predicted molar refractivity (Wildman–Crippen MR) is 113 cm³/mol. The third-order valence-electron chi connectivity index (χ3n) is 5.14. The molecular formula is C20H18Cl2N6O2.